The number of fused-ring (bicyclic) bond motifs is 1. The smallest absolute Gasteiger partial charge is 0 e. The molecule has 0 unspecified atom stereocenters. The monoisotopic (exact) mass is 429 g/mol. The van der Waals surface area contributed by atoms with E-state index in [-0.39, 0.29) is 40.0 Å². The Morgan fingerprint density at radius 2 is 1.37 bits per heavy atom. The summed E-state index contributed by atoms with van der Waals surface area (Å²) < 4.78 is 0. The van der Waals surface area contributed by atoms with Gasteiger partial charge in [-0.3, -0.25) is 0 Å². The number of rotatable bonds is 0. The Labute approximate surface area is 129 Å². The third kappa shape index (κ3) is 7.67. The molecule has 0 spiro atoms. The molecule has 3 aromatic rings. The van der Waals surface area contributed by atoms with Crippen molar-refractivity contribution >= 4 is 10.8 Å². The van der Waals surface area contributed by atoms with Gasteiger partial charge in [0.05, 0.1) is 0 Å². The van der Waals surface area contributed by atoms with E-state index >= 15 is 0 Å². The van der Waals surface area contributed by atoms with E-state index in [2.05, 4.69) is 48.5 Å². The minimum absolute atomic E-state index is 0. The maximum atomic E-state index is 2.89. The van der Waals surface area contributed by atoms with Crippen LogP contribution in [0.25, 0.3) is 10.8 Å². The summed E-state index contributed by atoms with van der Waals surface area (Å²) in [6.45, 7) is 0. The standard InChI is InChI=1S/C9H7.C6H5.3FH.Hf/c1-2-5-9-7-3-6-8(9)4-1;1-2-4-6-5-3-1;;;;/h1-7H;1-5H;3*1H;/q2*-1;;;;/p-3. The third-order valence-electron chi connectivity index (χ3n) is 2.15. The zero-order chi connectivity index (χ0) is 10.3. The van der Waals surface area contributed by atoms with E-state index in [0.29, 0.717) is 0 Å². The summed E-state index contributed by atoms with van der Waals surface area (Å²) in [5.41, 5.74) is 0. The first-order valence-electron chi connectivity index (χ1n) is 4.98. The van der Waals surface area contributed by atoms with E-state index in [1.54, 1.807) is 0 Å². The molecular weight excluding hydrogens is 416 g/mol. The van der Waals surface area contributed by atoms with E-state index in [4.69, 9.17) is 0 Å². The number of benzene rings is 2. The Morgan fingerprint density at radius 3 is 1.84 bits per heavy atom. The van der Waals surface area contributed by atoms with Crippen LogP contribution in [0.4, 0.5) is 0 Å². The largest absolute Gasteiger partial charge is 1.00 e. The molecule has 0 N–H and O–H groups in total. The van der Waals surface area contributed by atoms with Crippen molar-refractivity contribution in [3.8, 4) is 0 Å². The van der Waals surface area contributed by atoms with Crippen molar-refractivity contribution in [2.75, 3.05) is 0 Å². The summed E-state index contributed by atoms with van der Waals surface area (Å²) >= 11 is 0. The molecule has 0 saturated heterocycles. The molecule has 0 aromatic heterocycles. The Kier molecular flexibility index (Phi) is 15.8. The first kappa shape index (κ1) is 22.9. The van der Waals surface area contributed by atoms with Gasteiger partial charge in [-0.25, -0.2) is 0 Å². The van der Waals surface area contributed by atoms with Crippen molar-refractivity contribution in [3.63, 3.8) is 0 Å². The molecule has 0 heterocycles. The van der Waals surface area contributed by atoms with E-state index in [1.807, 2.05) is 30.3 Å². The quantitative estimate of drug-likeness (QED) is 0.249. The van der Waals surface area contributed by atoms with Gasteiger partial charge in [0.1, 0.15) is 0 Å². The van der Waals surface area contributed by atoms with Crippen LogP contribution in [-0.2, 0) is 25.8 Å². The van der Waals surface area contributed by atoms with Gasteiger partial charge in [0, 0.05) is 25.8 Å². The van der Waals surface area contributed by atoms with Crippen molar-refractivity contribution in [1.29, 1.82) is 0 Å². The van der Waals surface area contributed by atoms with Gasteiger partial charge in [-0.05, 0) is 0 Å². The van der Waals surface area contributed by atoms with Gasteiger partial charge >= 0.3 is 0 Å². The number of hydrogen-bond acceptors (Lipinski definition) is 0. The fourth-order valence-corrected chi connectivity index (χ4v) is 1.41. The Hall–Kier alpha value is -1.29. The second-order valence-electron chi connectivity index (χ2n) is 3.23. The third-order valence-corrected chi connectivity index (χ3v) is 2.15. The molecule has 3 rings (SSSR count). The zero-order valence-electron chi connectivity index (χ0n) is 10.1. The molecule has 4 heteroatoms. The van der Waals surface area contributed by atoms with Crippen LogP contribution in [0.3, 0.4) is 0 Å². The van der Waals surface area contributed by atoms with Gasteiger partial charge in [0.2, 0.25) is 0 Å². The topological polar surface area (TPSA) is 0 Å². The summed E-state index contributed by atoms with van der Waals surface area (Å²) in [4.78, 5) is 0. The molecule has 0 bridgehead atoms. The molecule has 0 aliphatic rings. The van der Waals surface area contributed by atoms with Gasteiger partial charge in [-0.1, -0.05) is 6.07 Å². The van der Waals surface area contributed by atoms with Crippen LogP contribution in [0.2, 0.25) is 0 Å². The molecule has 3 aromatic carbocycles. The first-order chi connectivity index (χ1) is 7.47. The second kappa shape index (κ2) is 13.1. The molecule has 0 aliphatic heterocycles. The number of hydrogen-bond donors (Lipinski definition) is 0. The molecule has 0 saturated carbocycles. The maximum Gasteiger partial charge on any atom is 0 e. The van der Waals surface area contributed by atoms with Crippen LogP contribution in [0, 0.1) is 6.07 Å². The molecule has 0 nitrogen and oxygen atoms in total. The van der Waals surface area contributed by atoms with Crippen molar-refractivity contribution < 1.29 is 40.0 Å². The second-order valence-corrected chi connectivity index (χ2v) is 3.23. The maximum absolute atomic E-state index is 2.89. The summed E-state index contributed by atoms with van der Waals surface area (Å²) in [7, 11) is 0. The molecule has 102 valence electrons. The molecule has 0 aliphatic carbocycles. The van der Waals surface area contributed by atoms with Gasteiger partial charge in [-0.15, -0.1) is 29.7 Å². The van der Waals surface area contributed by atoms with Gasteiger partial charge in [0.25, 0.3) is 0 Å². The molecular formula is C15H12F3Hf-5. The normalized spacial score (nSPS) is 7.37. The van der Waals surface area contributed by atoms with Crippen LogP contribution in [0.15, 0.2) is 72.8 Å². The van der Waals surface area contributed by atoms with E-state index in [1.165, 1.54) is 10.8 Å². The fourth-order valence-electron chi connectivity index (χ4n) is 1.41. The minimum Gasteiger partial charge on any atom is -1.00 e. The van der Waals surface area contributed by atoms with Crippen molar-refractivity contribution in [1.82, 2.24) is 0 Å². The Bertz CT molecular complexity index is 452. The van der Waals surface area contributed by atoms with Gasteiger partial charge < -0.3 is 14.1 Å². The van der Waals surface area contributed by atoms with Crippen LogP contribution in [-0.4, -0.2) is 0 Å². The summed E-state index contributed by atoms with van der Waals surface area (Å²) in [6, 6.07) is 27.2. The predicted molar refractivity (Wildman–Crippen MR) is 64.8 cm³/mol. The molecule has 0 radical (unpaired) electrons. The van der Waals surface area contributed by atoms with Crippen molar-refractivity contribution in [2.45, 2.75) is 0 Å². The zero-order valence-corrected chi connectivity index (χ0v) is 13.7. The number of halogens is 3. The SMILES string of the molecule is [F-].[F-].[F-].[Hf].[c-]1ccccc1.c1ccc2[cH-]ccc2c1. The first-order valence-corrected chi connectivity index (χ1v) is 4.98. The van der Waals surface area contributed by atoms with Crippen LogP contribution >= 0.6 is 0 Å². The minimum atomic E-state index is 0. The van der Waals surface area contributed by atoms with E-state index < -0.39 is 0 Å². The average molecular weight is 428 g/mol. The Morgan fingerprint density at radius 1 is 0.737 bits per heavy atom. The van der Waals surface area contributed by atoms with E-state index in [9.17, 15) is 0 Å². The van der Waals surface area contributed by atoms with E-state index in [0.717, 1.165) is 0 Å². The fraction of sp³-hybridized carbons (Fsp3) is 0. The summed E-state index contributed by atoms with van der Waals surface area (Å²) in [5, 5.41) is 2.66. The van der Waals surface area contributed by atoms with Crippen LogP contribution in [0.5, 0.6) is 0 Å². The summed E-state index contributed by atoms with van der Waals surface area (Å²) in [5.74, 6) is 0. The Balaban J connectivity index is -0.000000234. The van der Waals surface area contributed by atoms with Gasteiger partial charge in [0.15, 0.2) is 0 Å². The summed E-state index contributed by atoms with van der Waals surface area (Å²) in [6.07, 6.45) is 0. The molecule has 0 atom stereocenters. The van der Waals surface area contributed by atoms with Crippen LogP contribution < -0.4 is 14.1 Å². The average Bonchev–Trinajstić information content (AvgIpc) is 2.80. The van der Waals surface area contributed by atoms with Crippen LogP contribution in [0.1, 0.15) is 0 Å². The predicted octanol–water partition coefficient (Wildman–Crippen LogP) is -4.95. The molecule has 19 heavy (non-hydrogen) atoms. The van der Waals surface area contributed by atoms with Crippen molar-refractivity contribution in [3.05, 3.63) is 78.9 Å². The molecule has 0 fully saturated rings. The molecule has 0 amide bonds. The van der Waals surface area contributed by atoms with Crippen molar-refractivity contribution in [2.24, 2.45) is 0 Å². The van der Waals surface area contributed by atoms with Gasteiger partial charge in [-0.2, -0.15) is 53.9 Å².